The van der Waals surface area contributed by atoms with Crippen molar-refractivity contribution in [2.24, 2.45) is 5.92 Å². The molecule has 19 heavy (non-hydrogen) atoms. The summed E-state index contributed by atoms with van der Waals surface area (Å²) in [5.74, 6) is -1.35. The topological polar surface area (TPSA) is 69.6 Å². The number of nitrogens with zero attached hydrogens (tertiary/aromatic N) is 1. The van der Waals surface area contributed by atoms with Crippen LogP contribution >= 0.6 is 11.6 Å². The first-order valence-electron chi connectivity index (χ1n) is 6.07. The van der Waals surface area contributed by atoms with Gasteiger partial charge in [-0.15, -0.1) is 0 Å². The van der Waals surface area contributed by atoms with E-state index in [1.54, 1.807) is 24.3 Å². The summed E-state index contributed by atoms with van der Waals surface area (Å²) in [5, 5.41) is 12.6. The number of rotatable bonds is 4. The molecule has 0 saturated carbocycles. The molecule has 0 radical (unpaired) electrons. The van der Waals surface area contributed by atoms with E-state index in [2.05, 4.69) is 5.32 Å². The number of carboxylic acids is 1. The third-order valence-corrected chi connectivity index (χ3v) is 3.36. The van der Waals surface area contributed by atoms with Crippen LogP contribution in [0, 0.1) is 5.92 Å². The fraction of sp³-hybridized carbons (Fsp3) is 0.385. The normalized spacial score (nSPS) is 18.3. The number of amides is 1. The largest absolute Gasteiger partial charge is 0.480 e. The standard InChI is InChI=1S/C13H15ClN2O3/c14-10-1-3-11(4-2-10)16(8-12(17)18)13(19)9-5-6-15-7-9/h1-4,9,15H,5-8H2,(H,17,18). The van der Waals surface area contributed by atoms with Crippen molar-refractivity contribution in [1.82, 2.24) is 5.32 Å². The Hall–Kier alpha value is -1.59. The van der Waals surface area contributed by atoms with Crippen LogP contribution in [0.15, 0.2) is 24.3 Å². The maximum absolute atomic E-state index is 12.4. The van der Waals surface area contributed by atoms with E-state index in [4.69, 9.17) is 16.7 Å². The molecule has 0 spiro atoms. The molecule has 6 heteroatoms. The first kappa shape index (κ1) is 13.8. The Morgan fingerprint density at radius 1 is 1.37 bits per heavy atom. The number of nitrogens with one attached hydrogen (secondary N) is 1. The molecule has 2 rings (SSSR count). The molecule has 1 saturated heterocycles. The first-order valence-corrected chi connectivity index (χ1v) is 6.45. The highest BCUT2D eigenvalue weighted by Crippen LogP contribution is 2.21. The van der Waals surface area contributed by atoms with Crippen LogP contribution in [-0.2, 0) is 9.59 Å². The number of carbonyl (C=O) groups excluding carboxylic acids is 1. The molecule has 1 fully saturated rings. The van der Waals surface area contributed by atoms with Gasteiger partial charge in [0.2, 0.25) is 5.91 Å². The zero-order valence-corrected chi connectivity index (χ0v) is 11.1. The molecular formula is C13H15ClN2O3. The molecule has 1 aliphatic heterocycles. The van der Waals surface area contributed by atoms with Crippen LogP contribution in [0.4, 0.5) is 5.69 Å². The van der Waals surface area contributed by atoms with Gasteiger partial charge in [-0.2, -0.15) is 0 Å². The number of carbonyl (C=O) groups is 2. The summed E-state index contributed by atoms with van der Waals surface area (Å²) in [6, 6.07) is 6.61. The van der Waals surface area contributed by atoms with Gasteiger partial charge in [-0.05, 0) is 37.2 Å². The minimum atomic E-state index is -1.03. The fourth-order valence-electron chi connectivity index (χ4n) is 2.14. The van der Waals surface area contributed by atoms with Crippen LogP contribution in [0.5, 0.6) is 0 Å². The predicted molar refractivity (Wildman–Crippen MR) is 72.4 cm³/mol. The first-order chi connectivity index (χ1) is 9.08. The highest BCUT2D eigenvalue weighted by atomic mass is 35.5. The lowest BCUT2D eigenvalue weighted by Gasteiger charge is -2.23. The van der Waals surface area contributed by atoms with E-state index < -0.39 is 5.97 Å². The SMILES string of the molecule is O=C(O)CN(C(=O)C1CCNC1)c1ccc(Cl)cc1. The molecule has 1 aliphatic rings. The third kappa shape index (κ3) is 3.45. The number of halogens is 1. The van der Waals surface area contributed by atoms with Gasteiger partial charge in [-0.1, -0.05) is 11.6 Å². The van der Waals surface area contributed by atoms with Gasteiger partial charge in [0.05, 0.1) is 5.92 Å². The Kier molecular flexibility index (Phi) is 4.39. The lowest BCUT2D eigenvalue weighted by molar-refractivity contribution is -0.137. The zero-order valence-electron chi connectivity index (χ0n) is 10.3. The third-order valence-electron chi connectivity index (χ3n) is 3.11. The Bertz CT molecular complexity index is 469. The van der Waals surface area contributed by atoms with Crippen LogP contribution in [0.2, 0.25) is 5.02 Å². The van der Waals surface area contributed by atoms with Crippen molar-refractivity contribution in [3.05, 3.63) is 29.3 Å². The van der Waals surface area contributed by atoms with Crippen LogP contribution in [0.3, 0.4) is 0 Å². The summed E-state index contributed by atoms with van der Waals surface area (Å²) in [6.45, 7) is 1.05. The second-order valence-electron chi connectivity index (χ2n) is 4.48. The second kappa shape index (κ2) is 6.04. The molecule has 1 amide bonds. The van der Waals surface area contributed by atoms with Gasteiger partial charge < -0.3 is 15.3 Å². The summed E-state index contributed by atoms with van der Waals surface area (Å²) >= 11 is 5.80. The quantitative estimate of drug-likeness (QED) is 0.875. The van der Waals surface area contributed by atoms with Gasteiger partial charge in [0.25, 0.3) is 0 Å². The van der Waals surface area contributed by atoms with Crippen molar-refractivity contribution in [3.8, 4) is 0 Å². The molecule has 1 unspecified atom stereocenters. The monoisotopic (exact) mass is 282 g/mol. The Morgan fingerprint density at radius 2 is 2.05 bits per heavy atom. The second-order valence-corrected chi connectivity index (χ2v) is 4.92. The lowest BCUT2D eigenvalue weighted by atomic mass is 10.1. The maximum atomic E-state index is 12.4. The number of hydrogen-bond donors (Lipinski definition) is 2. The molecule has 5 nitrogen and oxygen atoms in total. The van der Waals surface area contributed by atoms with E-state index >= 15 is 0 Å². The van der Waals surface area contributed by atoms with Crippen LogP contribution in [0.1, 0.15) is 6.42 Å². The predicted octanol–water partition coefficient (Wildman–Crippen LogP) is 1.37. The Labute approximate surface area is 116 Å². The van der Waals surface area contributed by atoms with Gasteiger partial charge >= 0.3 is 5.97 Å². The smallest absolute Gasteiger partial charge is 0.323 e. The van der Waals surface area contributed by atoms with E-state index in [-0.39, 0.29) is 18.4 Å². The zero-order chi connectivity index (χ0) is 13.8. The molecule has 102 valence electrons. The molecule has 2 N–H and O–H groups in total. The van der Waals surface area contributed by atoms with E-state index in [1.807, 2.05) is 0 Å². The number of aliphatic carboxylic acids is 1. The average molecular weight is 283 g/mol. The summed E-state index contributed by atoms with van der Waals surface area (Å²) in [6.07, 6.45) is 0.739. The molecule has 0 aromatic heterocycles. The number of carboxylic acid groups (broad SMARTS) is 1. The van der Waals surface area contributed by atoms with Crippen molar-refractivity contribution in [3.63, 3.8) is 0 Å². The van der Waals surface area contributed by atoms with Gasteiger partial charge in [-0.3, -0.25) is 9.59 Å². The summed E-state index contributed by atoms with van der Waals surface area (Å²) in [7, 11) is 0. The molecule has 1 aromatic carbocycles. The van der Waals surface area contributed by atoms with Crippen LogP contribution in [-0.4, -0.2) is 36.6 Å². The van der Waals surface area contributed by atoms with E-state index in [1.165, 1.54) is 4.90 Å². The van der Waals surface area contributed by atoms with E-state index in [9.17, 15) is 9.59 Å². The number of anilines is 1. The summed E-state index contributed by atoms with van der Waals surface area (Å²) in [4.78, 5) is 24.6. The van der Waals surface area contributed by atoms with Crippen molar-refractivity contribution in [1.29, 1.82) is 0 Å². The van der Waals surface area contributed by atoms with Crippen molar-refractivity contribution in [2.45, 2.75) is 6.42 Å². The number of hydrogen-bond acceptors (Lipinski definition) is 3. The Morgan fingerprint density at radius 3 is 2.58 bits per heavy atom. The van der Waals surface area contributed by atoms with E-state index in [0.29, 0.717) is 17.3 Å². The van der Waals surface area contributed by atoms with Gasteiger partial charge in [0.1, 0.15) is 6.54 Å². The van der Waals surface area contributed by atoms with E-state index in [0.717, 1.165) is 13.0 Å². The van der Waals surface area contributed by atoms with Gasteiger partial charge in [-0.25, -0.2) is 0 Å². The molecule has 0 aliphatic carbocycles. The van der Waals surface area contributed by atoms with Crippen molar-refractivity contribution < 1.29 is 14.7 Å². The molecule has 1 aromatic rings. The molecule has 1 atom stereocenters. The average Bonchev–Trinajstić information content (AvgIpc) is 2.90. The minimum absolute atomic E-state index is 0.157. The highest BCUT2D eigenvalue weighted by molar-refractivity contribution is 6.30. The van der Waals surface area contributed by atoms with Gasteiger partial charge in [0.15, 0.2) is 0 Å². The minimum Gasteiger partial charge on any atom is -0.480 e. The highest BCUT2D eigenvalue weighted by Gasteiger charge is 2.29. The lowest BCUT2D eigenvalue weighted by Crippen LogP contribution is -2.40. The van der Waals surface area contributed by atoms with Crippen LogP contribution in [0.25, 0.3) is 0 Å². The molecule has 1 heterocycles. The molecular weight excluding hydrogens is 268 g/mol. The van der Waals surface area contributed by atoms with Gasteiger partial charge in [0, 0.05) is 17.3 Å². The van der Waals surface area contributed by atoms with Crippen LogP contribution < -0.4 is 10.2 Å². The summed E-state index contributed by atoms with van der Waals surface area (Å²) < 4.78 is 0. The molecule has 0 bridgehead atoms. The van der Waals surface area contributed by atoms with Crippen molar-refractivity contribution in [2.75, 3.05) is 24.5 Å². The summed E-state index contributed by atoms with van der Waals surface area (Å²) in [5.41, 5.74) is 0.559. The fourth-order valence-corrected chi connectivity index (χ4v) is 2.26. The number of benzene rings is 1. The maximum Gasteiger partial charge on any atom is 0.323 e. The Balaban J connectivity index is 2.21. The van der Waals surface area contributed by atoms with Crippen molar-refractivity contribution >= 4 is 29.2 Å².